The highest BCUT2D eigenvalue weighted by Crippen LogP contribution is 2.28. The van der Waals surface area contributed by atoms with Gasteiger partial charge in [0.2, 0.25) is 15.9 Å². The minimum Gasteiger partial charge on any atom is -0.356 e. The van der Waals surface area contributed by atoms with Gasteiger partial charge in [0, 0.05) is 26.2 Å². The van der Waals surface area contributed by atoms with Crippen LogP contribution in [0.1, 0.15) is 39.0 Å². The smallest absolute Gasteiger partial charge is 0.245 e. The van der Waals surface area contributed by atoms with Crippen LogP contribution in [0.15, 0.2) is 23.1 Å². The SMILES string of the molecule is C[C@@H]1CCCN(CCCNC(=O)[C@@H]2CCCN(S(=O)(=O)c3cccc4nsnc34)C2)C1. The van der Waals surface area contributed by atoms with E-state index in [2.05, 4.69) is 25.9 Å². The van der Waals surface area contributed by atoms with Crippen LogP contribution < -0.4 is 5.32 Å². The molecule has 0 unspecified atom stereocenters. The summed E-state index contributed by atoms with van der Waals surface area (Å²) in [6.45, 7) is 6.86. The van der Waals surface area contributed by atoms with E-state index in [1.54, 1.807) is 18.2 Å². The Bertz CT molecular complexity index is 1010. The van der Waals surface area contributed by atoms with E-state index in [9.17, 15) is 13.2 Å². The summed E-state index contributed by atoms with van der Waals surface area (Å²) in [7, 11) is -3.72. The molecule has 1 amide bonds. The zero-order chi connectivity index (χ0) is 21.8. The summed E-state index contributed by atoms with van der Waals surface area (Å²) in [5.41, 5.74) is 0.992. The number of likely N-dealkylation sites (tertiary alicyclic amines) is 1. The summed E-state index contributed by atoms with van der Waals surface area (Å²) in [6, 6.07) is 5.02. The normalized spacial score (nSPS) is 23.8. The van der Waals surface area contributed by atoms with E-state index in [0.717, 1.165) is 43.7 Å². The number of nitrogens with one attached hydrogen (secondary N) is 1. The van der Waals surface area contributed by atoms with E-state index in [1.807, 2.05) is 0 Å². The maximum Gasteiger partial charge on any atom is 0.245 e. The van der Waals surface area contributed by atoms with Gasteiger partial charge in [-0.1, -0.05) is 13.0 Å². The number of aromatic nitrogens is 2. The number of carbonyl (C=O) groups excluding carboxylic acids is 1. The Morgan fingerprint density at radius 1 is 1.19 bits per heavy atom. The number of piperidine rings is 2. The summed E-state index contributed by atoms with van der Waals surface area (Å²) in [4.78, 5) is 15.4. The average molecular weight is 466 g/mol. The molecular weight excluding hydrogens is 434 g/mol. The van der Waals surface area contributed by atoms with E-state index < -0.39 is 10.0 Å². The summed E-state index contributed by atoms with van der Waals surface area (Å²) < 4.78 is 36.3. The van der Waals surface area contributed by atoms with Crippen molar-refractivity contribution in [3.8, 4) is 0 Å². The fraction of sp³-hybridized carbons (Fsp3) is 0.667. The third kappa shape index (κ3) is 5.24. The third-order valence-electron chi connectivity index (χ3n) is 6.31. The Morgan fingerprint density at radius 2 is 2.03 bits per heavy atom. The Morgan fingerprint density at radius 3 is 2.87 bits per heavy atom. The van der Waals surface area contributed by atoms with Crippen LogP contribution in [-0.4, -0.2) is 71.5 Å². The van der Waals surface area contributed by atoms with Crippen molar-refractivity contribution in [2.45, 2.75) is 43.9 Å². The number of fused-ring (bicyclic) bond motifs is 1. The third-order valence-corrected chi connectivity index (χ3v) is 8.75. The van der Waals surface area contributed by atoms with Gasteiger partial charge in [0.1, 0.15) is 15.9 Å². The van der Waals surface area contributed by atoms with Gasteiger partial charge in [-0.2, -0.15) is 13.1 Å². The minimum absolute atomic E-state index is 0.0413. The molecule has 170 valence electrons. The van der Waals surface area contributed by atoms with Crippen LogP contribution in [0.25, 0.3) is 11.0 Å². The largest absolute Gasteiger partial charge is 0.356 e. The fourth-order valence-electron chi connectivity index (χ4n) is 4.65. The van der Waals surface area contributed by atoms with E-state index >= 15 is 0 Å². The molecule has 2 saturated heterocycles. The molecule has 8 nitrogen and oxygen atoms in total. The molecule has 1 aromatic carbocycles. The maximum atomic E-state index is 13.3. The standard InChI is InChI=1S/C21H31N5O3S2/c1-16-6-3-11-25(14-16)12-5-10-22-21(27)17-7-4-13-26(15-17)31(28,29)19-9-2-8-18-20(19)24-30-23-18/h2,8-9,16-17H,3-7,10-15H2,1H3,(H,22,27)/t16-,17-/m1/s1. The number of sulfonamides is 1. The summed E-state index contributed by atoms with van der Waals surface area (Å²) in [5, 5.41) is 3.03. The van der Waals surface area contributed by atoms with Gasteiger partial charge in [-0.3, -0.25) is 4.79 Å². The predicted octanol–water partition coefficient (Wildman–Crippen LogP) is 2.33. The summed E-state index contributed by atoms with van der Waals surface area (Å²) >= 11 is 1.01. The first-order chi connectivity index (χ1) is 14.9. The van der Waals surface area contributed by atoms with Crippen molar-refractivity contribution < 1.29 is 13.2 Å². The van der Waals surface area contributed by atoms with Gasteiger partial charge in [0.05, 0.1) is 17.6 Å². The number of hydrogen-bond acceptors (Lipinski definition) is 7. The molecule has 0 radical (unpaired) electrons. The second-order valence-corrected chi connectivity index (χ2v) is 11.2. The Labute approximate surface area is 188 Å². The Balaban J connectivity index is 1.31. The highest BCUT2D eigenvalue weighted by atomic mass is 32.2. The highest BCUT2D eigenvalue weighted by molar-refractivity contribution is 7.89. The zero-order valence-electron chi connectivity index (χ0n) is 18.0. The van der Waals surface area contributed by atoms with Gasteiger partial charge in [-0.05, 0) is 63.2 Å². The number of hydrogen-bond donors (Lipinski definition) is 1. The number of rotatable bonds is 7. The lowest BCUT2D eigenvalue weighted by Gasteiger charge is -2.32. The number of carbonyl (C=O) groups is 1. The van der Waals surface area contributed by atoms with Crippen molar-refractivity contribution in [1.82, 2.24) is 23.3 Å². The van der Waals surface area contributed by atoms with Crippen LogP contribution in [0.5, 0.6) is 0 Å². The lowest BCUT2D eigenvalue weighted by molar-refractivity contribution is -0.126. The quantitative estimate of drug-likeness (QED) is 0.631. The summed E-state index contributed by atoms with van der Waals surface area (Å²) in [6.07, 6.45) is 4.87. The molecule has 4 rings (SSSR count). The van der Waals surface area contributed by atoms with Crippen molar-refractivity contribution in [3.63, 3.8) is 0 Å². The van der Waals surface area contributed by atoms with Gasteiger partial charge in [-0.25, -0.2) is 8.42 Å². The van der Waals surface area contributed by atoms with Crippen LogP contribution in [0.4, 0.5) is 0 Å². The summed E-state index contributed by atoms with van der Waals surface area (Å²) in [5.74, 6) is 0.399. The Hall–Kier alpha value is -1.62. The molecule has 0 bridgehead atoms. The molecule has 2 aliphatic rings. The van der Waals surface area contributed by atoms with Crippen LogP contribution >= 0.6 is 11.7 Å². The maximum absolute atomic E-state index is 13.3. The van der Waals surface area contributed by atoms with Gasteiger partial charge in [0.15, 0.2) is 0 Å². The van der Waals surface area contributed by atoms with Crippen LogP contribution in [0.3, 0.4) is 0 Å². The molecule has 10 heteroatoms. The first-order valence-corrected chi connectivity index (χ1v) is 13.3. The first kappa shape index (κ1) is 22.6. The average Bonchev–Trinajstić information content (AvgIpc) is 3.25. The van der Waals surface area contributed by atoms with E-state index in [0.29, 0.717) is 37.0 Å². The van der Waals surface area contributed by atoms with E-state index in [4.69, 9.17) is 0 Å². The lowest BCUT2D eigenvalue weighted by Crippen LogP contribution is -2.45. The van der Waals surface area contributed by atoms with Crippen molar-refractivity contribution in [2.24, 2.45) is 11.8 Å². The lowest BCUT2D eigenvalue weighted by atomic mass is 9.99. The molecule has 31 heavy (non-hydrogen) atoms. The molecule has 2 aliphatic heterocycles. The molecular formula is C21H31N5O3S2. The van der Waals surface area contributed by atoms with E-state index in [-0.39, 0.29) is 23.3 Å². The highest BCUT2D eigenvalue weighted by Gasteiger charge is 2.34. The topological polar surface area (TPSA) is 95.5 Å². The predicted molar refractivity (Wildman–Crippen MR) is 121 cm³/mol. The molecule has 3 heterocycles. The molecule has 2 aromatic rings. The molecule has 2 fully saturated rings. The monoisotopic (exact) mass is 465 g/mol. The van der Waals surface area contributed by atoms with Gasteiger partial charge in [-0.15, -0.1) is 0 Å². The molecule has 1 aromatic heterocycles. The van der Waals surface area contributed by atoms with Crippen molar-refractivity contribution in [1.29, 1.82) is 0 Å². The zero-order valence-corrected chi connectivity index (χ0v) is 19.6. The van der Waals surface area contributed by atoms with Gasteiger partial charge < -0.3 is 10.2 Å². The molecule has 0 aliphatic carbocycles. The minimum atomic E-state index is -3.72. The van der Waals surface area contributed by atoms with Gasteiger partial charge in [0.25, 0.3) is 0 Å². The second-order valence-electron chi connectivity index (χ2n) is 8.78. The molecule has 1 N–H and O–H groups in total. The number of nitrogens with zero attached hydrogens (tertiary/aromatic N) is 4. The molecule has 0 spiro atoms. The molecule has 0 saturated carbocycles. The number of benzene rings is 1. The van der Waals surface area contributed by atoms with Crippen molar-refractivity contribution in [2.75, 3.05) is 39.3 Å². The van der Waals surface area contributed by atoms with Crippen LogP contribution in [-0.2, 0) is 14.8 Å². The second kappa shape index (κ2) is 9.89. The van der Waals surface area contributed by atoms with Gasteiger partial charge >= 0.3 is 0 Å². The first-order valence-electron chi connectivity index (χ1n) is 11.2. The van der Waals surface area contributed by atoms with Crippen LogP contribution in [0.2, 0.25) is 0 Å². The Kier molecular flexibility index (Phi) is 7.20. The fourth-order valence-corrected chi connectivity index (χ4v) is 6.93. The van der Waals surface area contributed by atoms with Crippen LogP contribution in [0, 0.1) is 11.8 Å². The number of amides is 1. The van der Waals surface area contributed by atoms with E-state index in [1.165, 1.54) is 17.1 Å². The van der Waals surface area contributed by atoms with Crippen molar-refractivity contribution in [3.05, 3.63) is 18.2 Å². The van der Waals surface area contributed by atoms with Crippen molar-refractivity contribution >= 4 is 38.7 Å². The molecule has 2 atom stereocenters.